The minimum absolute atomic E-state index is 0.0597. The molecular formula is C24H22BrN3O4. The Morgan fingerprint density at radius 2 is 1.88 bits per heavy atom. The van der Waals surface area contributed by atoms with E-state index in [1.54, 1.807) is 50.0 Å². The Kier molecular flexibility index (Phi) is 6.41. The highest BCUT2D eigenvalue weighted by Crippen LogP contribution is 2.42. The molecule has 2 heterocycles. The second-order valence-corrected chi connectivity index (χ2v) is 8.31. The Labute approximate surface area is 194 Å². The number of halogens is 1. The zero-order valence-corrected chi connectivity index (χ0v) is 19.0. The van der Waals surface area contributed by atoms with Crippen molar-refractivity contribution in [3.63, 3.8) is 0 Å². The van der Waals surface area contributed by atoms with E-state index >= 15 is 0 Å². The lowest BCUT2D eigenvalue weighted by Crippen LogP contribution is -2.31. The van der Waals surface area contributed by atoms with Gasteiger partial charge in [-0.2, -0.15) is 0 Å². The van der Waals surface area contributed by atoms with Crippen LogP contribution in [0.4, 0.5) is 0 Å². The number of hydrogen-bond donors (Lipinski definition) is 1. The third kappa shape index (κ3) is 4.18. The van der Waals surface area contributed by atoms with Crippen LogP contribution < -0.4 is 4.74 Å². The molecular weight excluding hydrogens is 474 g/mol. The molecule has 1 aliphatic rings. The molecule has 164 valence electrons. The number of Topliss-reactive ketones (excluding diaryl/α,β-unsaturated/α-hetero) is 1. The van der Waals surface area contributed by atoms with Crippen molar-refractivity contribution in [2.75, 3.05) is 13.7 Å². The van der Waals surface area contributed by atoms with Crippen molar-refractivity contribution in [3.05, 3.63) is 88.4 Å². The Hall–Kier alpha value is -3.39. The van der Waals surface area contributed by atoms with Crippen LogP contribution in [-0.4, -0.2) is 44.9 Å². The molecule has 0 bridgehead atoms. The largest absolute Gasteiger partial charge is 0.507 e. The van der Waals surface area contributed by atoms with Gasteiger partial charge in [-0.05, 0) is 24.6 Å². The maximum atomic E-state index is 13.1. The Balaban J connectivity index is 1.77. The van der Waals surface area contributed by atoms with Gasteiger partial charge >= 0.3 is 0 Å². The molecule has 0 saturated carbocycles. The highest BCUT2D eigenvalue weighted by molar-refractivity contribution is 9.10. The van der Waals surface area contributed by atoms with Gasteiger partial charge in [-0.3, -0.25) is 9.59 Å². The van der Waals surface area contributed by atoms with Crippen molar-refractivity contribution in [1.29, 1.82) is 0 Å². The van der Waals surface area contributed by atoms with Gasteiger partial charge in [0.15, 0.2) is 0 Å². The zero-order chi connectivity index (χ0) is 22.7. The molecule has 0 radical (unpaired) electrons. The monoisotopic (exact) mass is 495 g/mol. The molecule has 0 aliphatic carbocycles. The summed E-state index contributed by atoms with van der Waals surface area (Å²) in [6.07, 6.45) is 5.87. The highest BCUT2D eigenvalue weighted by atomic mass is 79.9. The van der Waals surface area contributed by atoms with Crippen molar-refractivity contribution in [2.24, 2.45) is 0 Å². The molecule has 1 amide bonds. The molecule has 32 heavy (non-hydrogen) atoms. The summed E-state index contributed by atoms with van der Waals surface area (Å²) in [5, 5.41) is 11.1. The first-order valence-corrected chi connectivity index (χ1v) is 10.9. The van der Waals surface area contributed by atoms with Crippen molar-refractivity contribution < 1.29 is 19.4 Å². The van der Waals surface area contributed by atoms with E-state index in [1.807, 2.05) is 29.0 Å². The number of carbonyl (C=O) groups excluding carboxylic acids is 2. The molecule has 7 nitrogen and oxygen atoms in total. The van der Waals surface area contributed by atoms with E-state index in [0.717, 1.165) is 4.47 Å². The molecule has 0 spiro atoms. The number of carbonyl (C=O) groups is 2. The Morgan fingerprint density at radius 3 is 2.56 bits per heavy atom. The summed E-state index contributed by atoms with van der Waals surface area (Å²) in [7, 11) is 1.54. The maximum absolute atomic E-state index is 13.1. The van der Waals surface area contributed by atoms with Gasteiger partial charge in [-0.15, -0.1) is 0 Å². The van der Waals surface area contributed by atoms with Gasteiger partial charge in [0.1, 0.15) is 11.5 Å². The van der Waals surface area contributed by atoms with Crippen LogP contribution in [0.1, 0.15) is 23.6 Å². The second-order valence-electron chi connectivity index (χ2n) is 7.40. The maximum Gasteiger partial charge on any atom is 0.295 e. The number of ketones is 1. The zero-order valence-electron chi connectivity index (χ0n) is 17.4. The summed E-state index contributed by atoms with van der Waals surface area (Å²) in [6, 6.07) is 13.4. The Morgan fingerprint density at radius 1 is 1.12 bits per heavy atom. The molecule has 1 atom stereocenters. The van der Waals surface area contributed by atoms with Gasteiger partial charge in [0, 0.05) is 41.1 Å². The van der Waals surface area contributed by atoms with Gasteiger partial charge < -0.3 is 19.3 Å². The molecule has 1 aromatic heterocycles. The lowest BCUT2D eigenvalue weighted by molar-refractivity contribution is -0.140. The number of benzene rings is 2. The standard InChI is InChI=1S/C24H22BrN3O4/c1-32-19-6-3-2-5-18(19)21-20(22(29)16-7-9-17(25)10-8-16)23(30)24(31)28(21)13-4-12-27-14-11-26-15-27/h2-3,5-11,14-15,21,29H,4,12-13H2,1H3/t21-/m1/s1. The quantitative estimate of drug-likeness (QED) is 0.302. The third-order valence-electron chi connectivity index (χ3n) is 5.47. The number of imidazole rings is 1. The summed E-state index contributed by atoms with van der Waals surface area (Å²) in [5.74, 6) is -1.00. The average Bonchev–Trinajstić information content (AvgIpc) is 3.41. The predicted molar refractivity (Wildman–Crippen MR) is 123 cm³/mol. The third-order valence-corrected chi connectivity index (χ3v) is 5.99. The lowest BCUT2D eigenvalue weighted by Gasteiger charge is -2.26. The number of likely N-dealkylation sites (tertiary alicyclic amines) is 1. The number of para-hydroxylation sites is 1. The van der Waals surface area contributed by atoms with Crippen LogP contribution in [0.5, 0.6) is 5.75 Å². The molecule has 8 heteroatoms. The van der Waals surface area contributed by atoms with Crippen molar-refractivity contribution in [1.82, 2.24) is 14.5 Å². The fourth-order valence-corrected chi connectivity index (χ4v) is 4.20. The van der Waals surface area contributed by atoms with Gasteiger partial charge in [0.2, 0.25) is 0 Å². The fourth-order valence-electron chi connectivity index (χ4n) is 3.93. The van der Waals surface area contributed by atoms with Crippen LogP contribution in [0.25, 0.3) is 5.76 Å². The number of ether oxygens (including phenoxy) is 1. The van der Waals surface area contributed by atoms with E-state index in [4.69, 9.17) is 4.74 Å². The first-order chi connectivity index (χ1) is 15.5. The van der Waals surface area contributed by atoms with E-state index in [0.29, 0.717) is 36.4 Å². The normalized spacial score (nSPS) is 17.7. The molecule has 2 aromatic carbocycles. The van der Waals surface area contributed by atoms with Crippen LogP contribution >= 0.6 is 15.9 Å². The van der Waals surface area contributed by atoms with E-state index in [1.165, 1.54) is 4.90 Å². The summed E-state index contributed by atoms with van der Waals surface area (Å²) in [6.45, 7) is 0.983. The van der Waals surface area contributed by atoms with Crippen LogP contribution in [-0.2, 0) is 16.1 Å². The lowest BCUT2D eigenvalue weighted by atomic mass is 9.94. The first-order valence-electron chi connectivity index (χ1n) is 10.1. The van der Waals surface area contributed by atoms with Crippen molar-refractivity contribution in [2.45, 2.75) is 19.0 Å². The number of nitrogens with zero attached hydrogens (tertiary/aromatic N) is 3. The van der Waals surface area contributed by atoms with Gasteiger partial charge in [0.05, 0.1) is 25.1 Å². The van der Waals surface area contributed by atoms with E-state index in [9.17, 15) is 14.7 Å². The Bertz CT molecular complexity index is 1160. The van der Waals surface area contributed by atoms with E-state index in [-0.39, 0.29) is 11.3 Å². The number of methoxy groups -OCH3 is 1. The number of hydrogen-bond acceptors (Lipinski definition) is 5. The molecule has 1 aliphatic heterocycles. The second kappa shape index (κ2) is 9.40. The number of amides is 1. The SMILES string of the molecule is COc1ccccc1[C@@H]1C(=C(O)c2ccc(Br)cc2)C(=O)C(=O)N1CCCn1ccnc1. The van der Waals surface area contributed by atoms with Gasteiger partial charge in [0.25, 0.3) is 11.7 Å². The predicted octanol–water partition coefficient (Wildman–Crippen LogP) is 4.17. The number of aromatic nitrogens is 2. The fraction of sp³-hybridized carbons (Fsp3) is 0.208. The average molecular weight is 496 g/mol. The van der Waals surface area contributed by atoms with Gasteiger partial charge in [-0.25, -0.2) is 4.98 Å². The van der Waals surface area contributed by atoms with Crippen molar-refractivity contribution in [3.8, 4) is 5.75 Å². The topological polar surface area (TPSA) is 84.7 Å². The van der Waals surface area contributed by atoms with Crippen LogP contribution in [0.3, 0.4) is 0 Å². The molecule has 4 rings (SSSR count). The first kappa shape index (κ1) is 21.8. The van der Waals surface area contributed by atoms with Crippen molar-refractivity contribution >= 4 is 33.4 Å². The smallest absolute Gasteiger partial charge is 0.295 e. The molecule has 3 aromatic rings. The molecule has 1 fully saturated rings. The van der Waals surface area contributed by atoms with Crippen LogP contribution in [0, 0.1) is 0 Å². The van der Waals surface area contributed by atoms with E-state index in [2.05, 4.69) is 20.9 Å². The summed E-state index contributed by atoms with van der Waals surface area (Å²) >= 11 is 3.37. The summed E-state index contributed by atoms with van der Waals surface area (Å²) < 4.78 is 8.27. The molecule has 1 N–H and O–H groups in total. The summed E-state index contributed by atoms with van der Waals surface area (Å²) in [4.78, 5) is 31.7. The van der Waals surface area contributed by atoms with Gasteiger partial charge in [-0.1, -0.05) is 46.3 Å². The van der Waals surface area contributed by atoms with Crippen LogP contribution in [0.15, 0.2) is 77.3 Å². The minimum Gasteiger partial charge on any atom is -0.507 e. The molecule has 1 saturated heterocycles. The minimum atomic E-state index is -0.752. The van der Waals surface area contributed by atoms with Crippen LogP contribution in [0.2, 0.25) is 0 Å². The summed E-state index contributed by atoms with van der Waals surface area (Å²) in [5.41, 5.74) is 1.17. The highest BCUT2D eigenvalue weighted by Gasteiger charge is 2.46. The van der Waals surface area contributed by atoms with E-state index < -0.39 is 17.7 Å². The number of rotatable bonds is 7. The molecule has 0 unspecified atom stereocenters. The number of aliphatic hydroxyl groups excluding tert-OH is 1. The number of aliphatic hydroxyl groups is 1. The number of aryl methyl sites for hydroxylation is 1.